The second-order valence-electron chi connectivity index (χ2n) is 5.51. The van der Waals surface area contributed by atoms with E-state index < -0.39 is 0 Å². The summed E-state index contributed by atoms with van der Waals surface area (Å²) in [4.78, 5) is 14.3. The molecule has 108 valence electrons. The van der Waals surface area contributed by atoms with Gasteiger partial charge in [-0.1, -0.05) is 30.2 Å². The summed E-state index contributed by atoms with van der Waals surface area (Å²) in [6.07, 6.45) is 9.99. The molecule has 1 saturated heterocycles. The van der Waals surface area contributed by atoms with Crippen molar-refractivity contribution in [3.8, 4) is 0 Å². The van der Waals surface area contributed by atoms with Crippen molar-refractivity contribution in [2.75, 3.05) is 25.1 Å². The Morgan fingerprint density at radius 3 is 2.47 bits per heavy atom. The van der Waals surface area contributed by atoms with Gasteiger partial charge in [-0.25, -0.2) is 0 Å². The lowest BCUT2D eigenvalue weighted by Gasteiger charge is -2.28. The van der Waals surface area contributed by atoms with E-state index in [1.165, 1.54) is 17.6 Å². The minimum atomic E-state index is -0.00331. The van der Waals surface area contributed by atoms with E-state index in [4.69, 9.17) is 0 Å². The summed E-state index contributed by atoms with van der Waals surface area (Å²) in [6, 6.07) is 0. The lowest BCUT2D eigenvalue weighted by Crippen LogP contribution is -2.38. The smallest absolute Gasteiger partial charge is 0.229 e. The van der Waals surface area contributed by atoms with Crippen LogP contribution in [0.1, 0.15) is 40.0 Å². The normalized spacial score (nSPS) is 19.5. The minimum absolute atomic E-state index is 0.00331. The zero-order valence-electron chi connectivity index (χ0n) is 12.7. The summed E-state index contributed by atoms with van der Waals surface area (Å²) in [5.41, 5.74) is 2.56. The fourth-order valence-corrected chi connectivity index (χ4v) is 3.11. The van der Waals surface area contributed by atoms with Crippen molar-refractivity contribution in [1.82, 2.24) is 4.90 Å². The first-order chi connectivity index (χ1) is 9.04. The first kappa shape index (κ1) is 16.4. The number of rotatable bonds is 5. The Bertz CT molecular complexity index is 354. The average molecular weight is 281 g/mol. The molecule has 1 fully saturated rings. The maximum Gasteiger partial charge on any atom is 0.229 e. The van der Waals surface area contributed by atoms with Gasteiger partial charge in [0.1, 0.15) is 0 Å². The monoisotopic (exact) mass is 281 g/mol. The molecule has 0 aromatic carbocycles. The number of nitrogens with zero attached hydrogens (tertiary/aromatic N) is 1. The molecule has 3 heteroatoms. The van der Waals surface area contributed by atoms with Gasteiger partial charge in [0.2, 0.25) is 5.91 Å². The first-order valence-electron chi connectivity index (χ1n) is 7.18. The molecule has 1 heterocycles. The maximum atomic E-state index is 12.3. The van der Waals surface area contributed by atoms with Crippen LogP contribution < -0.4 is 0 Å². The molecule has 0 bridgehead atoms. The number of amides is 1. The highest BCUT2D eigenvalue weighted by Gasteiger charge is 2.20. The third-order valence-electron chi connectivity index (χ3n) is 3.42. The molecular formula is C16H27NOS. The van der Waals surface area contributed by atoms with Gasteiger partial charge in [0.05, 0.1) is 5.92 Å². The molecule has 0 spiro atoms. The van der Waals surface area contributed by atoms with Gasteiger partial charge in [-0.3, -0.25) is 4.79 Å². The van der Waals surface area contributed by atoms with E-state index in [0.717, 1.165) is 31.7 Å². The van der Waals surface area contributed by atoms with Crippen LogP contribution in [0.5, 0.6) is 0 Å². The predicted molar refractivity (Wildman–Crippen MR) is 85.5 cm³/mol. The van der Waals surface area contributed by atoms with E-state index in [2.05, 4.69) is 32.3 Å². The summed E-state index contributed by atoms with van der Waals surface area (Å²) in [5.74, 6) is 1.34. The second kappa shape index (κ2) is 8.47. The molecule has 1 amide bonds. The number of carbonyl (C=O) groups excluding carboxylic acids is 1. The highest BCUT2D eigenvalue weighted by atomic mass is 32.2. The minimum Gasteiger partial charge on any atom is -0.342 e. The van der Waals surface area contributed by atoms with Crippen molar-refractivity contribution in [2.24, 2.45) is 5.92 Å². The van der Waals surface area contributed by atoms with E-state index in [1.807, 2.05) is 23.6 Å². The first-order valence-corrected chi connectivity index (χ1v) is 8.57. The Morgan fingerprint density at radius 2 is 1.89 bits per heavy atom. The van der Waals surface area contributed by atoms with Gasteiger partial charge in [-0.15, -0.1) is 0 Å². The summed E-state index contributed by atoms with van der Waals surface area (Å²) in [5, 5.41) is 0. The van der Waals surface area contributed by atoms with E-state index >= 15 is 0 Å². The van der Waals surface area contributed by atoms with Crippen LogP contribution in [0.15, 0.2) is 23.3 Å². The highest BCUT2D eigenvalue weighted by Crippen LogP contribution is 2.15. The summed E-state index contributed by atoms with van der Waals surface area (Å²) in [6.45, 7) is 8.13. The van der Waals surface area contributed by atoms with Crippen LogP contribution in [0, 0.1) is 5.92 Å². The third-order valence-corrected chi connectivity index (χ3v) is 4.16. The molecule has 1 atom stereocenters. The van der Waals surface area contributed by atoms with Crippen molar-refractivity contribution in [3.05, 3.63) is 23.3 Å². The maximum absolute atomic E-state index is 12.3. The van der Waals surface area contributed by atoms with Gasteiger partial charge >= 0.3 is 0 Å². The van der Waals surface area contributed by atoms with E-state index in [0.29, 0.717) is 0 Å². The SMILES string of the molecule is CSC/C(C)=C\C(C)=C/C(C)C(=O)N1CCCCC1. The molecule has 1 aliphatic heterocycles. The Morgan fingerprint density at radius 1 is 1.26 bits per heavy atom. The molecular weight excluding hydrogens is 254 g/mol. The number of likely N-dealkylation sites (tertiary alicyclic amines) is 1. The van der Waals surface area contributed by atoms with Crippen molar-refractivity contribution in [2.45, 2.75) is 40.0 Å². The van der Waals surface area contributed by atoms with E-state index in [9.17, 15) is 4.79 Å². The van der Waals surface area contributed by atoms with E-state index in [1.54, 1.807) is 0 Å². The molecule has 0 aromatic rings. The highest BCUT2D eigenvalue weighted by molar-refractivity contribution is 7.98. The van der Waals surface area contributed by atoms with Gasteiger partial charge in [0.25, 0.3) is 0 Å². The fourth-order valence-electron chi connectivity index (χ4n) is 2.57. The van der Waals surface area contributed by atoms with Crippen molar-refractivity contribution in [3.63, 3.8) is 0 Å². The average Bonchev–Trinajstić information content (AvgIpc) is 2.38. The topological polar surface area (TPSA) is 20.3 Å². The van der Waals surface area contributed by atoms with Crippen molar-refractivity contribution >= 4 is 17.7 Å². The van der Waals surface area contributed by atoms with Crippen LogP contribution in [-0.2, 0) is 4.79 Å². The molecule has 19 heavy (non-hydrogen) atoms. The summed E-state index contributed by atoms with van der Waals surface area (Å²) >= 11 is 1.83. The largest absolute Gasteiger partial charge is 0.342 e. The Labute approximate surface area is 122 Å². The molecule has 0 N–H and O–H groups in total. The molecule has 0 aromatic heterocycles. The molecule has 1 rings (SSSR count). The molecule has 1 aliphatic rings. The molecule has 0 saturated carbocycles. The van der Waals surface area contributed by atoms with Gasteiger partial charge in [0, 0.05) is 18.8 Å². The fraction of sp³-hybridized carbons (Fsp3) is 0.688. The predicted octanol–water partition coefficient (Wildman–Crippen LogP) is 3.89. The van der Waals surface area contributed by atoms with Crippen LogP contribution in [0.3, 0.4) is 0 Å². The van der Waals surface area contributed by atoms with E-state index in [-0.39, 0.29) is 11.8 Å². The molecule has 1 unspecified atom stereocenters. The number of hydrogen-bond acceptors (Lipinski definition) is 2. The second-order valence-corrected chi connectivity index (χ2v) is 6.38. The molecule has 0 aliphatic carbocycles. The molecule has 2 nitrogen and oxygen atoms in total. The summed E-state index contributed by atoms with van der Waals surface area (Å²) < 4.78 is 0. The van der Waals surface area contributed by atoms with Gasteiger partial charge < -0.3 is 4.90 Å². The Balaban J connectivity index is 2.58. The number of piperidine rings is 1. The van der Waals surface area contributed by atoms with Crippen molar-refractivity contribution < 1.29 is 4.79 Å². The lowest BCUT2D eigenvalue weighted by molar-refractivity contribution is -0.134. The van der Waals surface area contributed by atoms with Crippen LogP contribution in [0.2, 0.25) is 0 Å². The van der Waals surface area contributed by atoms with Crippen LogP contribution in [0.25, 0.3) is 0 Å². The van der Waals surface area contributed by atoms with Gasteiger partial charge in [-0.05, 0) is 39.4 Å². The lowest BCUT2D eigenvalue weighted by atomic mass is 10.0. The Hall–Kier alpha value is -0.700. The summed E-state index contributed by atoms with van der Waals surface area (Å²) in [7, 11) is 0. The van der Waals surface area contributed by atoms with Gasteiger partial charge in [0.15, 0.2) is 0 Å². The van der Waals surface area contributed by atoms with Crippen LogP contribution >= 0.6 is 11.8 Å². The number of hydrogen-bond donors (Lipinski definition) is 0. The van der Waals surface area contributed by atoms with Crippen molar-refractivity contribution in [1.29, 1.82) is 0 Å². The molecule has 0 radical (unpaired) electrons. The number of thioether (sulfide) groups is 1. The number of allylic oxidation sites excluding steroid dienone is 2. The standard InChI is InChI=1S/C16H27NOS/c1-13(10-14(2)12-19-4)11-15(3)16(18)17-8-6-5-7-9-17/h10-11,15H,5-9,12H2,1-4H3/b13-11-,14-10-. The zero-order valence-corrected chi connectivity index (χ0v) is 13.6. The quantitative estimate of drug-likeness (QED) is 0.713. The zero-order chi connectivity index (χ0) is 14.3. The number of carbonyl (C=O) groups is 1. The third kappa shape index (κ3) is 5.85. The van der Waals surface area contributed by atoms with Gasteiger partial charge in [-0.2, -0.15) is 11.8 Å². The van der Waals surface area contributed by atoms with Crippen LogP contribution in [-0.4, -0.2) is 35.9 Å². The van der Waals surface area contributed by atoms with Crippen LogP contribution in [0.4, 0.5) is 0 Å². The Kier molecular flexibility index (Phi) is 7.29.